The smallest absolute Gasteiger partial charge is 0.328 e. The van der Waals surface area contributed by atoms with Gasteiger partial charge in [0.15, 0.2) is 0 Å². The first kappa shape index (κ1) is 27.1. The fraction of sp³-hybridized carbons (Fsp3) is 0.565. The number of aromatic hydroxyl groups is 1. The highest BCUT2D eigenvalue weighted by molar-refractivity contribution is 5.94. The first-order valence-electron chi connectivity index (χ1n) is 11.4. The first-order chi connectivity index (χ1) is 16.1. The molecule has 1 aromatic rings. The van der Waals surface area contributed by atoms with E-state index in [0.29, 0.717) is 24.8 Å². The molecule has 0 aliphatic carbocycles. The largest absolute Gasteiger partial charge is 0.508 e. The molecule has 5 unspecified atom stereocenters. The summed E-state index contributed by atoms with van der Waals surface area (Å²) in [6, 6.07) is 1.95. The van der Waals surface area contributed by atoms with Crippen molar-refractivity contribution in [2.75, 3.05) is 13.2 Å². The van der Waals surface area contributed by atoms with Crippen molar-refractivity contribution < 1.29 is 34.5 Å². The number of carbonyl (C=O) groups is 4. The summed E-state index contributed by atoms with van der Waals surface area (Å²) in [4.78, 5) is 51.5. The van der Waals surface area contributed by atoms with Crippen LogP contribution in [-0.4, -0.2) is 81.2 Å². The van der Waals surface area contributed by atoms with Crippen LogP contribution in [-0.2, 0) is 25.6 Å². The molecule has 7 N–H and O–H groups in total. The Morgan fingerprint density at radius 1 is 1.15 bits per heavy atom. The second kappa shape index (κ2) is 12.3. The summed E-state index contributed by atoms with van der Waals surface area (Å²) >= 11 is 0. The minimum Gasteiger partial charge on any atom is -0.508 e. The quantitative estimate of drug-likeness (QED) is 0.242. The average Bonchev–Trinajstić information content (AvgIpc) is 3.31. The van der Waals surface area contributed by atoms with Crippen molar-refractivity contribution in [3.8, 4) is 5.75 Å². The number of hydrogen-bond acceptors (Lipinski definition) is 7. The molecule has 0 aromatic heterocycles. The molecule has 1 heterocycles. The summed E-state index contributed by atoms with van der Waals surface area (Å²) in [5.41, 5.74) is 6.73. The Morgan fingerprint density at radius 2 is 1.79 bits per heavy atom. The van der Waals surface area contributed by atoms with Crippen molar-refractivity contribution in [1.29, 1.82) is 0 Å². The number of nitrogens with one attached hydrogen (secondary N) is 2. The van der Waals surface area contributed by atoms with E-state index in [1.807, 2.05) is 13.8 Å². The van der Waals surface area contributed by atoms with E-state index in [9.17, 15) is 29.4 Å². The fourth-order valence-corrected chi connectivity index (χ4v) is 3.80. The molecule has 1 aromatic carbocycles. The number of carboxylic acids is 1. The zero-order chi connectivity index (χ0) is 25.4. The lowest BCUT2D eigenvalue weighted by Gasteiger charge is -2.30. The Morgan fingerprint density at radius 3 is 2.35 bits per heavy atom. The zero-order valence-corrected chi connectivity index (χ0v) is 19.4. The summed E-state index contributed by atoms with van der Waals surface area (Å²) < 4.78 is 0. The van der Waals surface area contributed by atoms with Gasteiger partial charge < -0.3 is 36.6 Å². The van der Waals surface area contributed by atoms with Crippen molar-refractivity contribution in [3.63, 3.8) is 0 Å². The van der Waals surface area contributed by atoms with Crippen LogP contribution < -0.4 is 16.4 Å². The minimum atomic E-state index is -1.48. The van der Waals surface area contributed by atoms with Crippen LogP contribution in [0.1, 0.15) is 38.7 Å². The predicted octanol–water partition coefficient (Wildman–Crippen LogP) is -0.654. The van der Waals surface area contributed by atoms with Crippen LogP contribution in [0.3, 0.4) is 0 Å². The Labute approximate surface area is 198 Å². The van der Waals surface area contributed by atoms with Gasteiger partial charge in [0.1, 0.15) is 23.9 Å². The summed E-state index contributed by atoms with van der Waals surface area (Å²) in [7, 11) is 0. The molecule has 0 bridgehead atoms. The van der Waals surface area contributed by atoms with E-state index < -0.39 is 54.5 Å². The number of carbonyl (C=O) groups excluding carboxylic acids is 3. The van der Waals surface area contributed by atoms with Crippen LogP contribution in [0.4, 0.5) is 0 Å². The molecule has 1 saturated heterocycles. The lowest BCUT2D eigenvalue weighted by atomic mass is 9.98. The Bertz CT molecular complexity index is 877. The van der Waals surface area contributed by atoms with E-state index in [0.717, 1.165) is 0 Å². The molecule has 0 radical (unpaired) electrons. The third-order valence-electron chi connectivity index (χ3n) is 6.19. The summed E-state index contributed by atoms with van der Waals surface area (Å²) in [5, 5.41) is 32.8. The molecule has 0 spiro atoms. The van der Waals surface area contributed by atoms with Crippen molar-refractivity contribution in [2.45, 2.75) is 63.7 Å². The maximum Gasteiger partial charge on any atom is 0.328 e. The normalized spacial score (nSPS) is 19.1. The monoisotopic (exact) mass is 478 g/mol. The summed E-state index contributed by atoms with van der Waals surface area (Å²) in [5.74, 6) is -3.10. The fourth-order valence-electron chi connectivity index (χ4n) is 3.80. The molecule has 188 valence electrons. The number of aliphatic hydroxyl groups is 1. The molecular formula is C23H34N4O7. The number of carboxylic acid groups (broad SMARTS) is 1. The number of likely N-dealkylation sites (tertiary alicyclic amines) is 1. The van der Waals surface area contributed by atoms with E-state index in [1.54, 1.807) is 12.1 Å². The molecule has 1 aliphatic rings. The van der Waals surface area contributed by atoms with Gasteiger partial charge in [-0.25, -0.2) is 4.79 Å². The zero-order valence-electron chi connectivity index (χ0n) is 19.4. The number of phenols is 1. The van der Waals surface area contributed by atoms with Gasteiger partial charge in [-0.1, -0.05) is 32.4 Å². The molecule has 11 nitrogen and oxygen atoms in total. The van der Waals surface area contributed by atoms with Crippen LogP contribution in [0, 0.1) is 5.92 Å². The lowest BCUT2D eigenvalue weighted by molar-refractivity contribution is -0.145. The van der Waals surface area contributed by atoms with Gasteiger partial charge in [0.25, 0.3) is 0 Å². The lowest BCUT2D eigenvalue weighted by Crippen LogP contribution is -2.58. The van der Waals surface area contributed by atoms with Crippen LogP contribution >= 0.6 is 0 Å². The highest BCUT2D eigenvalue weighted by Crippen LogP contribution is 2.21. The maximum atomic E-state index is 13.5. The van der Waals surface area contributed by atoms with Gasteiger partial charge in [0.2, 0.25) is 17.7 Å². The Hall–Kier alpha value is -3.18. The van der Waals surface area contributed by atoms with Gasteiger partial charge in [-0.05, 0) is 36.5 Å². The number of phenolic OH excluding ortho intramolecular Hbond substituents is 1. The third-order valence-corrected chi connectivity index (χ3v) is 6.19. The van der Waals surface area contributed by atoms with Crippen LogP contribution in [0.15, 0.2) is 24.3 Å². The number of rotatable bonds is 11. The number of amides is 3. The molecule has 34 heavy (non-hydrogen) atoms. The van der Waals surface area contributed by atoms with Gasteiger partial charge in [-0.3, -0.25) is 14.4 Å². The van der Waals surface area contributed by atoms with Crippen molar-refractivity contribution in [1.82, 2.24) is 15.5 Å². The predicted molar refractivity (Wildman–Crippen MR) is 123 cm³/mol. The molecule has 0 saturated carbocycles. The van der Waals surface area contributed by atoms with E-state index in [1.165, 1.54) is 17.0 Å². The average molecular weight is 479 g/mol. The molecule has 5 atom stereocenters. The summed E-state index contributed by atoms with van der Waals surface area (Å²) in [6.45, 7) is 3.21. The molecule has 1 aliphatic heterocycles. The number of aliphatic hydroxyl groups excluding tert-OH is 1. The number of aliphatic carboxylic acids is 1. The van der Waals surface area contributed by atoms with Gasteiger partial charge in [0.05, 0.1) is 12.6 Å². The van der Waals surface area contributed by atoms with Gasteiger partial charge in [-0.15, -0.1) is 0 Å². The van der Waals surface area contributed by atoms with Crippen molar-refractivity contribution in [2.24, 2.45) is 11.7 Å². The number of nitrogens with zero attached hydrogens (tertiary/aromatic N) is 1. The third kappa shape index (κ3) is 6.91. The van der Waals surface area contributed by atoms with E-state index in [-0.39, 0.29) is 24.6 Å². The SMILES string of the molecule is CCC(C)C(N)C(=O)NC(Cc1ccc(O)cc1)C(=O)N1CCCC1C(=O)NC(CO)C(=O)O. The van der Waals surface area contributed by atoms with Gasteiger partial charge >= 0.3 is 5.97 Å². The van der Waals surface area contributed by atoms with Crippen LogP contribution in [0.2, 0.25) is 0 Å². The van der Waals surface area contributed by atoms with Crippen molar-refractivity contribution in [3.05, 3.63) is 29.8 Å². The van der Waals surface area contributed by atoms with Gasteiger partial charge in [0, 0.05) is 13.0 Å². The number of hydrogen-bond donors (Lipinski definition) is 6. The molecule has 1 fully saturated rings. The molecule has 11 heteroatoms. The Balaban J connectivity index is 2.24. The Kier molecular flexibility index (Phi) is 9.82. The second-order valence-corrected chi connectivity index (χ2v) is 8.61. The maximum absolute atomic E-state index is 13.5. The first-order valence-corrected chi connectivity index (χ1v) is 11.4. The van der Waals surface area contributed by atoms with E-state index >= 15 is 0 Å². The van der Waals surface area contributed by atoms with Crippen LogP contribution in [0.5, 0.6) is 5.75 Å². The van der Waals surface area contributed by atoms with E-state index in [2.05, 4.69) is 10.6 Å². The standard InChI is InChI=1S/C23H34N4O7/c1-3-13(2)19(24)21(31)25-16(11-14-6-8-15(29)9-7-14)22(32)27-10-4-5-18(27)20(30)26-17(12-28)23(33)34/h6-9,13,16-19,28-29H,3-5,10-12,24H2,1-2H3,(H,25,31)(H,26,30)(H,33,34). The minimum absolute atomic E-state index is 0.0580. The molecular weight excluding hydrogens is 444 g/mol. The number of nitrogens with two attached hydrogens (primary N) is 1. The van der Waals surface area contributed by atoms with Gasteiger partial charge in [-0.2, -0.15) is 0 Å². The molecule has 3 amide bonds. The van der Waals surface area contributed by atoms with E-state index in [4.69, 9.17) is 10.8 Å². The molecule has 2 rings (SSSR count). The number of benzene rings is 1. The highest BCUT2D eigenvalue weighted by Gasteiger charge is 2.39. The second-order valence-electron chi connectivity index (χ2n) is 8.61. The van der Waals surface area contributed by atoms with Crippen molar-refractivity contribution >= 4 is 23.7 Å². The highest BCUT2D eigenvalue weighted by atomic mass is 16.4. The topological polar surface area (TPSA) is 182 Å². The summed E-state index contributed by atoms with van der Waals surface area (Å²) in [6.07, 6.45) is 1.63. The van der Waals surface area contributed by atoms with Crippen LogP contribution in [0.25, 0.3) is 0 Å².